The Morgan fingerprint density at radius 1 is 1.20 bits per heavy atom. The van der Waals surface area contributed by atoms with E-state index < -0.39 is 6.43 Å². The first kappa shape index (κ1) is 13.7. The third-order valence-corrected chi connectivity index (χ3v) is 2.53. The van der Waals surface area contributed by atoms with Crippen molar-refractivity contribution >= 4 is 0 Å². The van der Waals surface area contributed by atoms with Gasteiger partial charge >= 0.3 is 0 Å². The molecule has 0 aliphatic rings. The van der Waals surface area contributed by atoms with Gasteiger partial charge in [-0.3, -0.25) is 0 Å². The second-order valence-electron chi connectivity index (χ2n) is 3.80. The highest BCUT2D eigenvalue weighted by Gasteiger charge is 2.16. The number of nitrogens with zero attached hydrogens (tertiary/aromatic N) is 2. The fraction of sp³-hybridized carbons (Fsp3) is 0.143. The zero-order valence-corrected chi connectivity index (χ0v) is 10.5. The lowest BCUT2D eigenvalue weighted by Gasteiger charge is -2.11. The van der Waals surface area contributed by atoms with Gasteiger partial charge in [-0.1, -0.05) is 0 Å². The molecule has 1 aromatic heterocycles. The Bertz CT molecular complexity index is 637. The van der Waals surface area contributed by atoms with Crippen LogP contribution in [0.3, 0.4) is 0 Å². The second-order valence-corrected chi connectivity index (χ2v) is 3.80. The number of ether oxygens (including phenoxy) is 2. The van der Waals surface area contributed by atoms with Gasteiger partial charge in [0.25, 0.3) is 6.43 Å². The van der Waals surface area contributed by atoms with Crippen molar-refractivity contribution in [3.63, 3.8) is 0 Å². The molecule has 0 bridgehead atoms. The molecule has 1 aromatic carbocycles. The van der Waals surface area contributed by atoms with E-state index in [0.29, 0.717) is 5.75 Å². The molecule has 0 spiro atoms. The number of aromatic nitrogens is 1. The monoisotopic (exact) mass is 276 g/mol. The molecule has 0 N–H and O–H groups in total. The van der Waals surface area contributed by atoms with Crippen molar-refractivity contribution < 1.29 is 18.3 Å². The number of halogens is 2. The summed E-state index contributed by atoms with van der Waals surface area (Å²) in [7, 11) is 1.40. The molecule has 0 atom stereocenters. The van der Waals surface area contributed by atoms with Crippen LogP contribution in [-0.2, 0) is 0 Å². The van der Waals surface area contributed by atoms with Gasteiger partial charge in [-0.05, 0) is 30.3 Å². The minimum Gasteiger partial charge on any atom is -0.497 e. The lowest BCUT2D eigenvalue weighted by atomic mass is 10.2. The maximum atomic E-state index is 13.0. The Kier molecular flexibility index (Phi) is 4.11. The van der Waals surface area contributed by atoms with Gasteiger partial charge in [0.15, 0.2) is 0 Å². The Morgan fingerprint density at radius 3 is 2.50 bits per heavy atom. The van der Waals surface area contributed by atoms with Crippen molar-refractivity contribution in [2.45, 2.75) is 6.43 Å². The van der Waals surface area contributed by atoms with Crippen LogP contribution in [0.5, 0.6) is 17.2 Å². The van der Waals surface area contributed by atoms with Gasteiger partial charge in [0.1, 0.15) is 29.0 Å². The fourth-order valence-electron chi connectivity index (χ4n) is 1.55. The minimum absolute atomic E-state index is 0.0207. The van der Waals surface area contributed by atoms with Crippen LogP contribution in [0.15, 0.2) is 36.5 Å². The lowest BCUT2D eigenvalue weighted by Crippen LogP contribution is -1.94. The minimum atomic E-state index is -2.69. The number of alkyl halides is 2. The van der Waals surface area contributed by atoms with Crippen molar-refractivity contribution in [3.8, 4) is 23.3 Å². The number of pyridine rings is 1. The average Bonchev–Trinajstić information content (AvgIpc) is 2.48. The summed E-state index contributed by atoms with van der Waals surface area (Å²) in [6.07, 6.45) is -1.38. The van der Waals surface area contributed by atoms with Gasteiger partial charge in [-0.2, -0.15) is 5.26 Å². The summed E-state index contributed by atoms with van der Waals surface area (Å²) in [5.74, 6) is 0.619. The van der Waals surface area contributed by atoms with Crippen LogP contribution in [0.2, 0.25) is 0 Å². The van der Waals surface area contributed by atoms with Gasteiger partial charge in [-0.25, -0.2) is 13.8 Å². The van der Waals surface area contributed by atoms with Crippen LogP contribution in [0.1, 0.15) is 17.7 Å². The first-order valence-electron chi connectivity index (χ1n) is 5.64. The Hall–Kier alpha value is -2.68. The van der Waals surface area contributed by atoms with E-state index in [2.05, 4.69) is 4.98 Å². The molecule has 0 saturated heterocycles. The van der Waals surface area contributed by atoms with Crippen LogP contribution in [0.4, 0.5) is 8.78 Å². The van der Waals surface area contributed by atoms with Gasteiger partial charge in [0.2, 0.25) is 0 Å². The smallest absolute Gasteiger partial charge is 0.267 e. The summed E-state index contributed by atoms with van der Waals surface area (Å²) in [5, 5.41) is 8.63. The van der Waals surface area contributed by atoms with Crippen LogP contribution in [0.25, 0.3) is 0 Å². The quantitative estimate of drug-likeness (QED) is 0.854. The van der Waals surface area contributed by atoms with E-state index in [9.17, 15) is 8.78 Å². The van der Waals surface area contributed by atoms with E-state index in [0.717, 1.165) is 0 Å². The molecular weight excluding hydrogens is 266 g/mol. The first-order chi connectivity index (χ1) is 9.63. The summed E-state index contributed by atoms with van der Waals surface area (Å²) in [5.41, 5.74) is -0.0464. The normalized spacial score (nSPS) is 10.2. The van der Waals surface area contributed by atoms with Gasteiger partial charge in [0, 0.05) is 0 Å². The van der Waals surface area contributed by atoms with E-state index in [-0.39, 0.29) is 22.8 Å². The second kappa shape index (κ2) is 5.97. The van der Waals surface area contributed by atoms with Crippen LogP contribution >= 0.6 is 0 Å². The summed E-state index contributed by atoms with van der Waals surface area (Å²) in [4.78, 5) is 3.80. The highest BCUT2D eigenvalue weighted by molar-refractivity contribution is 5.43. The predicted octanol–water partition coefficient (Wildman–Crippen LogP) is 3.69. The molecule has 4 nitrogen and oxygen atoms in total. The van der Waals surface area contributed by atoms with Crippen molar-refractivity contribution in [2.75, 3.05) is 7.11 Å². The van der Waals surface area contributed by atoms with Crippen LogP contribution in [-0.4, -0.2) is 12.1 Å². The molecule has 102 valence electrons. The molecule has 0 fully saturated rings. The predicted molar refractivity (Wildman–Crippen MR) is 67.0 cm³/mol. The van der Waals surface area contributed by atoms with Crippen LogP contribution in [0, 0.1) is 11.3 Å². The highest BCUT2D eigenvalue weighted by atomic mass is 19.3. The van der Waals surface area contributed by atoms with E-state index in [4.69, 9.17) is 14.7 Å². The average molecular weight is 276 g/mol. The highest BCUT2D eigenvalue weighted by Crippen LogP contribution is 2.34. The van der Waals surface area contributed by atoms with Crippen molar-refractivity contribution in [3.05, 3.63) is 47.8 Å². The zero-order valence-electron chi connectivity index (χ0n) is 10.5. The number of rotatable bonds is 4. The maximum absolute atomic E-state index is 13.0. The summed E-state index contributed by atoms with van der Waals surface area (Å²) in [6.45, 7) is 0. The van der Waals surface area contributed by atoms with Crippen molar-refractivity contribution in [2.24, 2.45) is 0 Å². The fourth-order valence-corrected chi connectivity index (χ4v) is 1.55. The molecule has 20 heavy (non-hydrogen) atoms. The number of methoxy groups -OCH3 is 1. The maximum Gasteiger partial charge on any atom is 0.267 e. The zero-order chi connectivity index (χ0) is 14.5. The van der Waals surface area contributed by atoms with Gasteiger partial charge < -0.3 is 9.47 Å². The van der Waals surface area contributed by atoms with Crippen molar-refractivity contribution in [1.82, 2.24) is 4.98 Å². The van der Waals surface area contributed by atoms with Gasteiger partial charge in [-0.15, -0.1) is 0 Å². The molecule has 0 aliphatic heterocycles. The standard InChI is InChI=1S/C14H10F2N2O2/c1-19-10-4-5-13(12(6-10)14(15)16)20-11-3-2-9(7-17)18-8-11/h2-6,8,14H,1H3. The summed E-state index contributed by atoms with van der Waals surface area (Å²) >= 11 is 0. The Labute approximate surface area is 114 Å². The molecule has 2 rings (SSSR count). The van der Waals surface area contributed by atoms with E-state index in [1.165, 1.54) is 43.6 Å². The largest absolute Gasteiger partial charge is 0.497 e. The summed E-state index contributed by atoms with van der Waals surface area (Å²) in [6, 6.07) is 8.94. The number of hydrogen-bond acceptors (Lipinski definition) is 4. The molecular formula is C14H10F2N2O2. The van der Waals surface area contributed by atoms with E-state index in [1.807, 2.05) is 6.07 Å². The molecule has 2 aromatic rings. The number of hydrogen-bond donors (Lipinski definition) is 0. The molecule has 0 aliphatic carbocycles. The van der Waals surface area contributed by atoms with E-state index in [1.54, 1.807) is 0 Å². The third kappa shape index (κ3) is 3.01. The molecule has 0 amide bonds. The van der Waals surface area contributed by atoms with Crippen molar-refractivity contribution in [1.29, 1.82) is 5.26 Å². The van der Waals surface area contributed by atoms with Crippen LogP contribution < -0.4 is 9.47 Å². The molecule has 0 saturated carbocycles. The first-order valence-corrected chi connectivity index (χ1v) is 5.64. The molecule has 0 radical (unpaired) electrons. The Balaban J connectivity index is 2.30. The SMILES string of the molecule is COc1ccc(Oc2ccc(C#N)nc2)c(C(F)F)c1. The van der Waals surface area contributed by atoms with Gasteiger partial charge in [0.05, 0.1) is 18.9 Å². The molecule has 1 heterocycles. The molecule has 6 heteroatoms. The topological polar surface area (TPSA) is 55.1 Å². The lowest BCUT2D eigenvalue weighted by molar-refractivity contribution is 0.147. The number of nitriles is 1. The Morgan fingerprint density at radius 2 is 1.95 bits per heavy atom. The number of benzene rings is 1. The molecule has 0 unspecified atom stereocenters. The third-order valence-electron chi connectivity index (χ3n) is 2.53. The summed E-state index contributed by atoms with van der Waals surface area (Å²) < 4.78 is 36.2. The van der Waals surface area contributed by atoms with E-state index >= 15 is 0 Å².